The summed E-state index contributed by atoms with van der Waals surface area (Å²) < 4.78 is 69.5. The van der Waals surface area contributed by atoms with Crippen LogP contribution in [0.1, 0.15) is 18.1 Å². The molecule has 493 valence electrons. The summed E-state index contributed by atoms with van der Waals surface area (Å²) in [5, 5.41) is 41.2. The number of nitriles is 1. The minimum Gasteiger partial charge on any atom is -0.753 e. The first-order valence-electron chi connectivity index (χ1n) is 28.3. The third kappa shape index (κ3) is 36.5. The number of hydrogen-bond acceptors (Lipinski definition) is 23. The molecule has 96 heavy (non-hydrogen) atoms. The quantitative estimate of drug-likeness (QED) is 0.0814. The molecule has 8 heterocycles. The Morgan fingerprint density at radius 2 is 0.594 bits per heavy atom. The van der Waals surface area contributed by atoms with Crippen molar-refractivity contribution < 1.29 is 133 Å². The van der Waals surface area contributed by atoms with Gasteiger partial charge < -0.3 is 78.5 Å². The van der Waals surface area contributed by atoms with Gasteiger partial charge in [0.25, 0.3) is 0 Å². The van der Waals surface area contributed by atoms with E-state index in [1.807, 2.05) is 133 Å². The van der Waals surface area contributed by atoms with Gasteiger partial charge in [-0.2, -0.15) is 25.9 Å². The summed E-state index contributed by atoms with van der Waals surface area (Å²) >= 11 is 14.8. The average molecular weight is 1440 g/mol. The molecule has 0 atom stereocenters. The van der Waals surface area contributed by atoms with Gasteiger partial charge in [0.2, 0.25) is 0 Å². The van der Waals surface area contributed by atoms with E-state index in [4.69, 9.17) is 93.7 Å². The summed E-state index contributed by atoms with van der Waals surface area (Å²) in [5.41, 5.74) is 7.70. The van der Waals surface area contributed by atoms with E-state index in [2.05, 4.69) is 68.8 Å². The molecule has 0 aliphatic carbocycles. The molecule has 30 heteroatoms. The molecule has 0 unspecified atom stereocenters. The number of thiocarbonyl (C=S) groups is 4. The van der Waals surface area contributed by atoms with Crippen LogP contribution in [0.4, 0.5) is 0 Å². The van der Waals surface area contributed by atoms with Gasteiger partial charge >= 0.3 is 76.2 Å². The van der Waals surface area contributed by atoms with E-state index in [9.17, 15) is 0 Å². The number of nitrogens with zero attached hydrogens (tertiary/aromatic N) is 11. The van der Waals surface area contributed by atoms with Crippen molar-refractivity contribution in [2.24, 2.45) is 0 Å². The second-order valence-corrected chi connectivity index (χ2v) is 18.5. The molecule has 10 rings (SSSR count). The number of isothiocyanates is 4. The van der Waals surface area contributed by atoms with Gasteiger partial charge in [0, 0.05) is 56.0 Å². The first kappa shape index (κ1) is 87.1. The molecule has 0 N–H and O–H groups in total. The first-order chi connectivity index (χ1) is 45.8. The van der Waals surface area contributed by atoms with Crippen molar-refractivity contribution in [3.05, 3.63) is 191 Å². The van der Waals surface area contributed by atoms with Crippen LogP contribution in [0.5, 0.6) is 34.5 Å². The maximum absolute atomic E-state index is 7.32. The van der Waals surface area contributed by atoms with Crippen LogP contribution in [-0.4, -0.2) is 156 Å². The minimum absolute atomic E-state index is 0. The molecule has 2 aromatic carbocycles. The second kappa shape index (κ2) is 57.2. The predicted octanol–water partition coefficient (Wildman–Crippen LogP) is 6.38. The molecule has 23 nitrogen and oxygen atoms in total. The zero-order valence-electron chi connectivity index (χ0n) is 53.0. The largest absolute Gasteiger partial charge is 2.00 e. The smallest absolute Gasteiger partial charge is 0.753 e. The van der Waals surface area contributed by atoms with Crippen molar-refractivity contribution in [1.29, 1.82) is 5.26 Å². The van der Waals surface area contributed by atoms with E-state index < -0.39 is 0 Å². The molecule has 2 aliphatic heterocycles. The SMILES string of the molecule is CC#N.[Cu+2].[N-]=C=S.[N-]=C=S.[N-]=C=S.[N-]=C=S.[Na+].[Na+].c1ccc(-c2cc(OCc3ccc4c(c3)OCCOCCOCCOCCO4)cc(-c3ccccn3)n2)nc1.c1ccc(-c2cc(OCc3ccc4c(c3)OCCOCCOCCOCCO4)cc(-c3ccccn3)n2)nc1. The Balaban J connectivity index is 0.000000776. The molecule has 8 aromatic rings. The normalized spacial score (nSPS) is 12.7. The number of pyridine rings is 6. The molecule has 6 aromatic heterocycles. The molecule has 0 saturated heterocycles. The van der Waals surface area contributed by atoms with E-state index in [0.29, 0.717) is 176 Å². The van der Waals surface area contributed by atoms with Crippen molar-refractivity contribution in [2.75, 3.05) is 106 Å². The number of fused-ring (bicyclic) bond motifs is 2. The fraction of sp³-hybridized carbons (Fsp3) is 0.288. The third-order valence-electron chi connectivity index (χ3n) is 11.6. The predicted molar refractivity (Wildman–Crippen MR) is 365 cm³/mol. The Hall–Kier alpha value is -6.89. The molecule has 2 aliphatic rings. The Morgan fingerprint density at radius 1 is 0.365 bits per heavy atom. The van der Waals surface area contributed by atoms with E-state index in [1.54, 1.807) is 30.9 Å². The van der Waals surface area contributed by atoms with Gasteiger partial charge in [0.05, 0.1) is 131 Å². The van der Waals surface area contributed by atoms with Crippen LogP contribution < -0.4 is 87.5 Å². The first-order valence-corrected chi connectivity index (χ1v) is 30.0. The van der Waals surface area contributed by atoms with Crippen LogP contribution in [0.2, 0.25) is 0 Å². The summed E-state index contributed by atoms with van der Waals surface area (Å²) in [5.74, 6) is 3.87. The van der Waals surface area contributed by atoms with Crippen LogP contribution in [0.3, 0.4) is 0 Å². The molecule has 0 fully saturated rings. The Bertz CT molecular complexity index is 3220. The fourth-order valence-corrected chi connectivity index (χ4v) is 7.77. The summed E-state index contributed by atoms with van der Waals surface area (Å²) in [6.45, 7) is 9.65. The van der Waals surface area contributed by atoms with Crippen molar-refractivity contribution in [3.8, 4) is 86.1 Å². The van der Waals surface area contributed by atoms with Crippen molar-refractivity contribution >= 4 is 69.5 Å². The molecule has 0 bridgehead atoms. The maximum Gasteiger partial charge on any atom is 2.00 e. The molecular weight excluding hydrogens is 1380 g/mol. The van der Waals surface area contributed by atoms with Gasteiger partial charge in [-0.3, -0.25) is 19.9 Å². The molecule has 0 spiro atoms. The molecule has 0 saturated carbocycles. The van der Waals surface area contributed by atoms with E-state index in [1.165, 1.54) is 27.6 Å². The zero-order valence-corrected chi connectivity index (χ0v) is 61.2. The maximum atomic E-state index is 7.32. The number of rotatable bonds is 10. The van der Waals surface area contributed by atoms with Gasteiger partial charge in [-0.1, -0.05) is 85.3 Å². The van der Waals surface area contributed by atoms with Crippen molar-refractivity contribution in [1.82, 2.24) is 29.9 Å². The van der Waals surface area contributed by atoms with Crippen LogP contribution in [-0.2, 0) is 58.7 Å². The van der Waals surface area contributed by atoms with Gasteiger partial charge in [-0.05, 0) is 83.9 Å². The van der Waals surface area contributed by atoms with E-state index >= 15 is 0 Å². The Labute approximate surface area is 634 Å². The standard InChI is InChI=1S/2C30H31N3O6.C2H3N.4CNS.Cu.2Na/c2*1-3-9-31-25(5-1)27-20-24(21-28(33-27)26-6-2-4-10-32-26)39-22-23-7-8-29-30(19-23)38-18-16-36-14-12-34-11-13-35-15-17-37-29;1-2-3;4*2-1-3;;;/h2*1-10,19-21H,11-18,22H2;1H3;;;;;;;/q;;;4*-1;+2;2*+1. The van der Waals surface area contributed by atoms with E-state index in [-0.39, 0.29) is 76.2 Å². The van der Waals surface area contributed by atoms with Crippen LogP contribution in [0.15, 0.2) is 158 Å². The van der Waals surface area contributed by atoms with Gasteiger partial charge in [0.1, 0.15) is 51.1 Å². The van der Waals surface area contributed by atoms with Crippen LogP contribution in [0, 0.1) is 11.3 Å². The Morgan fingerprint density at radius 3 is 0.823 bits per heavy atom. The van der Waals surface area contributed by atoms with Crippen LogP contribution in [0.25, 0.3) is 67.2 Å². The van der Waals surface area contributed by atoms with Crippen molar-refractivity contribution in [2.45, 2.75) is 20.1 Å². The monoisotopic (exact) mass is 1440 g/mol. The molecular formula is C66H65CuN11Na2O12S4. The summed E-state index contributed by atoms with van der Waals surface area (Å²) in [6.07, 6.45) is 6.98. The third-order valence-corrected chi connectivity index (χ3v) is 11.6. The molecule has 0 amide bonds. The van der Waals surface area contributed by atoms with E-state index in [0.717, 1.165) is 33.9 Å². The average Bonchev–Trinajstić information content (AvgIpc) is 0.844. The van der Waals surface area contributed by atoms with Gasteiger partial charge in [0.15, 0.2) is 23.0 Å². The number of benzene rings is 2. The van der Waals surface area contributed by atoms with Gasteiger partial charge in [-0.15, -0.1) is 0 Å². The summed E-state index contributed by atoms with van der Waals surface area (Å²) in [7, 11) is 0. The topological polar surface area (TPSA) is 301 Å². The van der Waals surface area contributed by atoms with Gasteiger partial charge in [-0.25, -0.2) is 9.97 Å². The molecule has 1 radical (unpaired) electrons. The zero-order chi connectivity index (χ0) is 66.6. The number of hydrogen-bond donors (Lipinski definition) is 0. The number of ether oxygens (including phenoxy) is 12. The fourth-order valence-electron chi connectivity index (χ4n) is 7.77. The van der Waals surface area contributed by atoms with Crippen molar-refractivity contribution in [3.63, 3.8) is 0 Å². The summed E-state index contributed by atoms with van der Waals surface area (Å²) in [6, 6.07) is 43.8. The minimum atomic E-state index is 0. The number of aromatic nitrogens is 6. The second-order valence-electron chi connectivity index (χ2n) is 17.8. The van der Waals surface area contributed by atoms with Crippen LogP contribution >= 0.6 is 48.9 Å². The Kier molecular flexibility index (Phi) is 51.9. The summed E-state index contributed by atoms with van der Waals surface area (Å²) in [4.78, 5) is 27.4.